The van der Waals surface area contributed by atoms with Crippen LogP contribution >= 0.6 is 0 Å². The third-order valence-corrected chi connectivity index (χ3v) is 8.26. The van der Waals surface area contributed by atoms with Gasteiger partial charge in [-0.2, -0.15) is 0 Å². The van der Waals surface area contributed by atoms with Crippen LogP contribution in [-0.4, -0.2) is 53.1 Å². The predicted molar refractivity (Wildman–Crippen MR) is 160 cm³/mol. The van der Waals surface area contributed by atoms with Crippen molar-refractivity contribution in [2.75, 3.05) is 25.0 Å². The molecule has 0 aliphatic carbocycles. The third kappa shape index (κ3) is 4.41. The Kier molecular flexibility index (Phi) is 6.98. The number of nitrogens with two attached hydrogens (primary N) is 1. The molecule has 6 rings (SSSR count). The summed E-state index contributed by atoms with van der Waals surface area (Å²) < 4.78 is 17.3. The summed E-state index contributed by atoms with van der Waals surface area (Å²) in [6.07, 6.45) is 3.91. The molecule has 3 N–H and O–H groups in total. The molecule has 214 valence electrons. The van der Waals surface area contributed by atoms with E-state index in [1.807, 2.05) is 19.9 Å². The number of amides is 1. The van der Waals surface area contributed by atoms with Crippen molar-refractivity contribution < 1.29 is 18.8 Å². The Morgan fingerprint density at radius 2 is 1.93 bits per heavy atom. The Hall–Kier alpha value is -4.63. The summed E-state index contributed by atoms with van der Waals surface area (Å²) in [4.78, 5) is 54.3. The number of aldehydes is 1. The van der Waals surface area contributed by atoms with Crippen molar-refractivity contribution in [2.24, 2.45) is 5.73 Å². The SMILES string of the molecule is CCCNc1c(F)cc2c(=O)c(C(=O)N3CCC(N)C3)cn3c2c1Cc1cc(C)c(C(=O)c2ccccc2C=O)cc1-3. The van der Waals surface area contributed by atoms with Crippen molar-refractivity contribution in [3.05, 3.63) is 104 Å². The van der Waals surface area contributed by atoms with E-state index in [1.54, 1.807) is 39.8 Å². The number of hydrogen-bond donors (Lipinski definition) is 2. The molecule has 0 radical (unpaired) electrons. The zero-order valence-electron chi connectivity index (χ0n) is 23.5. The first kappa shape index (κ1) is 27.5. The Labute approximate surface area is 241 Å². The largest absolute Gasteiger partial charge is 0.382 e. The van der Waals surface area contributed by atoms with Crippen molar-refractivity contribution >= 4 is 34.6 Å². The summed E-state index contributed by atoms with van der Waals surface area (Å²) in [6, 6.07) is 11.3. The van der Waals surface area contributed by atoms with Gasteiger partial charge in [0.05, 0.1) is 16.6 Å². The Morgan fingerprint density at radius 3 is 2.64 bits per heavy atom. The van der Waals surface area contributed by atoms with Gasteiger partial charge < -0.3 is 20.5 Å². The van der Waals surface area contributed by atoms with Gasteiger partial charge in [-0.15, -0.1) is 0 Å². The van der Waals surface area contributed by atoms with E-state index >= 15 is 4.39 Å². The number of fused-ring (bicyclic) bond motifs is 2. The Morgan fingerprint density at radius 1 is 1.14 bits per heavy atom. The second-order valence-corrected chi connectivity index (χ2v) is 11.1. The molecule has 3 aromatic carbocycles. The molecule has 1 saturated heterocycles. The highest BCUT2D eigenvalue weighted by Gasteiger charge is 2.31. The molecule has 8 nitrogen and oxygen atoms in total. The van der Waals surface area contributed by atoms with Crippen LogP contribution in [0.15, 0.2) is 53.5 Å². The van der Waals surface area contributed by atoms with E-state index in [2.05, 4.69) is 5.32 Å². The fourth-order valence-electron chi connectivity index (χ4n) is 6.14. The zero-order valence-corrected chi connectivity index (χ0v) is 23.5. The quantitative estimate of drug-likeness (QED) is 0.223. The lowest BCUT2D eigenvalue weighted by molar-refractivity contribution is 0.0789. The summed E-state index contributed by atoms with van der Waals surface area (Å²) in [5.41, 5.74) is 9.95. The molecule has 0 saturated carbocycles. The minimum absolute atomic E-state index is 0.0798. The molecule has 42 heavy (non-hydrogen) atoms. The van der Waals surface area contributed by atoms with Crippen LogP contribution in [0.1, 0.15) is 73.1 Å². The molecule has 0 bridgehead atoms. The van der Waals surface area contributed by atoms with Crippen molar-refractivity contribution in [1.29, 1.82) is 0 Å². The fourth-order valence-corrected chi connectivity index (χ4v) is 6.14. The molecule has 9 heteroatoms. The molecule has 1 atom stereocenters. The molecule has 3 heterocycles. The number of pyridine rings is 1. The predicted octanol–water partition coefficient (Wildman–Crippen LogP) is 4.38. The van der Waals surface area contributed by atoms with Crippen molar-refractivity contribution in [2.45, 2.75) is 39.2 Å². The summed E-state index contributed by atoms with van der Waals surface area (Å²) in [7, 11) is 0. The fraction of sp³-hybridized carbons (Fsp3) is 0.273. The molecule has 1 aromatic heterocycles. The van der Waals surface area contributed by atoms with Crippen LogP contribution in [0.2, 0.25) is 0 Å². The number of carbonyl (C=O) groups excluding carboxylic acids is 3. The van der Waals surface area contributed by atoms with Crippen LogP contribution < -0.4 is 16.5 Å². The van der Waals surface area contributed by atoms with Gasteiger partial charge in [0.1, 0.15) is 11.4 Å². The number of hydrogen-bond acceptors (Lipinski definition) is 6. The number of likely N-dealkylation sites (tertiary alicyclic amines) is 1. The highest BCUT2D eigenvalue weighted by molar-refractivity contribution is 6.14. The van der Waals surface area contributed by atoms with Crippen LogP contribution in [-0.2, 0) is 6.42 Å². The van der Waals surface area contributed by atoms with Crippen LogP contribution in [0.5, 0.6) is 0 Å². The maximum Gasteiger partial charge on any atom is 0.259 e. The number of anilines is 1. The topological polar surface area (TPSA) is 114 Å². The lowest BCUT2D eigenvalue weighted by Gasteiger charge is -2.28. The zero-order chi connectivity index (χ0) is 29.7. The molecular weight excluding hydrogens is 535 g/mol. The maximum atomic E-state index is 15.6. The summed E-state index contributed by atoms with van der Waals surface area (Å²) >= 11 is 0. The summed E-state index contributed by atoms with van der Waals surface area (Å²) in [5, 5.41) is 3.29. The monoisotopic (exact) mass is 566 g/mol. The maximum absolute atomic E-state index is 15.6. The molecule has 0 spiro atoms. The number of aromatic nitrogens is 1. The second-order valence-electron chi connectivity index (χ2n) is 11.1. The minimum atomic E-state index is -0.556. The molecule has 4 aromatic rings. The van der Waals surface area contributed by atoms with Crippen molar-refractivity contribution in [3.8, 4) is 5.69 Å². The number of benzene rings is 3. The van der Waals surface area contributed by atoms with E-state index in [1.165, 1.54) is 12.3 Å². The van der Waals surface area contributed by atoms with Crippen molar-refractivity contribution in [1.82, 2.24) is 9.47 Å². The number of aryl methyl sites for hydroxylation is 1. The van der Waals surface area contributed by atoms with Gasteiger partial charge in [-0.3, -0.25) is 19.2 Å². The van der Waals surface area contributed by atoms with Gasteiger partial charge >= 0.3 is 0 Å². The first-order valence-corrected chi connectivity index (χ1v) is 14.2. The van der Waals surface area contributed by atoms with E-state index in [-0.39, 0.29) is 33.9 Å². The van der Waals surface area contributed by atoms with Gasteiger partial charge in [0.15, 0.2) is 12.1 Å². The van der Waals surface area contributed by atoms with Gasteiger partial charge in [0.25, 0.3) is 5.91 Å². The smallest absolute Gasteiger partial charge is 0.259 e. The average Bonchev–Trinajstić information content (AvgIpc) is 3.43. The molecule has 1 unspecified atom stereocenters. The number of nitrogens with one attached hydrogen (secondary N) is 1. The van der Waals surface area contributed by atoms with Gasteiger partial charge in [-0.25, -0.2) is 4.39 Å². The third-order valence-electron chi connectivity index (χ3n) is 8.26. The molecule has 2 aliphatic rings. The van der Waals surface area contributed by atoms with Crippen LogP contribution in [0.3, 0.4) is 0 Å². The van der Waals surface area contributed by atoms with Crippen LogP contribution in [0, 0.1) is 12.7 Å². The van der Waals surface area contributed by atoms with Gasteiger partial charge in [-0.1, -0.05) is 37.3 Å². The summed E-state index contributed by atoms with van der Waals surface area (Å²) in [6.45, 7) is 5.11. The number of ketones is 1. The van der Waals surface area contributed by atoms with Gasteiger partial charge in [-0.05, 0) is 43.0 Å². The van der Waals surface area contributed by atoms with E-state index in [4.69, 9.17) is 5.73 Å². The van der Waals surface area contributed by atoms with E-state index in [0.717, 1.165) is 12.0 Å². The number of rotatable bonds is 7. The normalized spacial score (nSPS) is 15.5. The molecular formula is C33H31FN4O4. The standard InChI is InChI=1S/C33H31FN4O4/c1-3-9-36-29-24-12-20-11-18(2)23(31(40)22-7-5-4-6-19(22)17-39)14-28(20)38-16-26(33(42)37-10-8-21(35)15-37)32(41)25(30(24)38)13-27(29)34/h4-7,11,13-14,16-17,21,36H,3,8-10,12,15,35H2,1-2H3. The highest BCUT2D eigenvalue weighted by Crippen LogP contribution is 2.38. The van der Waals surface area contributed by atoms with E-state index < -0.39 is 17.2 Å². The second kappa shape index (κ2) is 10.6. The number of halogens is 1. The van der Waals surface area contributed by atoms with Crippen molar-refractivity contribution in [3.63, 3.8) is 0 Å². The number of carbonyl (C=O) groups is 3. The van der Waals surface area contributed by atoms with Gasteiger partial charge in [0, 0.05) is 66.2 Å². The first-order chi connectivity index (χ1) is 20.2. The van der Waals surface area contributed by atoms with Crippen LogP contribution in [0.4, 0.5) is 10.1 Å². The Bertz CT molecular complexity index is 1860. The highest BCUT2D eigenvalue weighted by atomic mass is 19.1. The molecule has 1 fully saturated rings. The molecule has 1 amide bonds. The van der Waals surface area contributed by atoms with E-state index in [0.29, 0.717) is 72.3 Å². The minimum Gasteiger partial charge on any atom is -0.382 e. The molecule has 2 aliphatic heterocycles. The van der Waals surface area contributed by atoms with Crippen LogP contribution in [0.25, 0.3) is 16.6 Å². The lowest BCUT2D eigenvalue weighted by atomic mass is 9.88. The average molecular weight is 567 g/mol. The van der Waals surface area contributed by atoms with E-state index in [9.17, 15) is 19.2 Å². The Balaban J connectivity index is 1.61. The van der Waals surface area contributed by atoms with Gasteiger partial charge in [0.2, 0.25) is 5.43 Å². The summed E-state index contributed by atoms with van der Waals surface area (Å²) in [5.74, 6) is -1.32. The first-order valence-electron chi connectivity index (χ1n) is 14.2. The lowest BCUT2D eigenvalue weighted by Crippen LogP contribution is -2.35. The number of nitrogens with zero attached hydrogens (tertiary/aromatic N) is 2.